The van der Waals surface area contributed by atoms with Crippen LogP contribution in [-0.4, -0.2) is 60.5 Å². The summed E-state index contributed by atoms with van der Waals surface area (Å²) in [7, 11) is -4.02. The van der Waals surface area contributed by atoms with Gasteiger partial charge < -0.3 is 5.11 Å². The van der Waals surface area contributed by atoms with E-state index in [0.29, 0.717) is 17.1 Å². The Morgan fingerprint density at radius 3 is 2.05 bits per heavy atom. The van der Waals surface area contributed by atoms with Crippen LogP contribution >= 0.6 is 0 Å². The van der Waals surface area contributed by atoms with Crippen LogP contribution in [0.2, 0.25) is 0 Å². The molecule has 0 aromatic heterocycles. The van der Waals surface area contributed by atoms with Crippen LogP contribution in [0.5, 0.6) is 0 Å². The van der Waals surface area contributed by atoms with Crippen molar-refractivity contribution >= 4 is 16.2 Å². The molecule has 2 fully saturated rings. The molecule has 0 radical (unpaired) electrons. The number of aliphatic carboxylic acids is 1. The molecule has 2 heterocycles. The Morgan fingerprint density at radius 1 is 1.05 bits per heavy atom. The highest BCUT2D eigenvalue weighted by Gasteiger charge is 2.55. The second-order valence-corrected chi connectivity index (χ2v) is 7.31. The predicted octanol–water partition coefficient (Wildman–Crippen LogP) is 0.912. The Morgan fingerprint density at radius 2 is 1.62 bits per heavy atom. The van der Waals surface area contributed by atoms with E-state index < -0.39 is 47.3 Å². The van der Waals surface area contributed by atoms with Gasteiger partial charge in [0.25, 0.3) is 10.2 Å². The molecule has 0 bridgehead atoms. The molecule has 2 atom stereocenters. The van der Waals surface area contributed by atoms with E-state index in [1.807, 2.05) is 0 Å². The number of rotatable bonds is 3. The van der Waals surface area contributed by atoms with E-state index in [1.54, 1.807) is 0 Å². The summed E-state index contributed by atoms with van der Waals surface area (Å²) in [4.78, 5) is 11.0. The molecule has 10 heteroatoms. The Labute approximate surface area is 120 Å². The van der Waals surface area contributed by atoms with Gasteiger partial charge in [-0.15, -0.1) is 0 Å². The fourth-order valence-electron chi connectivity index (χ4n) is 2.80. The van der Waals surface area contributed by atoms with Crippen LogP contribution in [0.3, 0.4) is 0 Å². The number of hydrogen-bond donors (Lipinski definition) is 1. The van der Waals surface area contributed by atoms with Gasteiger partial charge in [0.05, 0.1) is 11.8 Å². The summed E-state index contributed by atoms with van der Waals surface area (Å²) in [5, 5.41) is 8.91. The first-order valence-corrected chi connectivity index (χ1v) is 8.08. The molecule has 0 saturated carbocycles. The molecule has 0 spiro atoms. The minimum absolute atomic E-state index is 0.271. The van der Waals surface area contributed by atoms with Crippen LogP contribution in [0, 0.1) is 11.8 Å². The van der Waals surface area contributed by atoms with Crippen molar-refractivity contribution in [2.75, 3.05) is 26.2 Å². The van der Waals surface area contributed by atoms with E-state index in [1.165, 1.54) is 0 Å². The van der Waals surface area contributed by atoms with Crippen molar-refractivity contribution in [2.45, 2.75) is 25.4 Å². The summed E-state index contributed by atoms with van der Waals surface area (Å²) in [5.74, 6) is -5.52. The lowest BCUT2D eigenvalue weighted by atomic mass is 9.96. The SMILES string of the molecule is O=C(O)[C@@H]1CN(S(=O)(=O)N2CCCCC2)C[C@H]1C(F)(F)F. The van der Waals surface area contributed by atoms with Gasteiger partial charge in [-0.2, -0.15) is 30.2 Å². The lowest BCUT2D eigenvalue weighted by Gasteiger charge is -2.30. The van der Waals surface area contributed by atoms with Crippen molar-refractivity contribution in [2.24, 2.45) is 11.8 Å². The molecule has 21 heavy (non-hydrogen) atoms. The zero-order valence-corrected chi connectivity index (χ0v) is 12.0. The molecule has 2 aliphatic heterocycles. The van der Waals surface area contributed by atoms with Gasteiger partial charge in [-0.05, 0) is 12.8 Å². The van der Waals surface area contributed by atoms with Gasteiger partial charge in [0.15, 0.2) is 0 Å². The number of carbonyl (C=O) groups is 1. The van der Waals surface area contributed by atoms with Crippen LogP contribution in [0.15, 0.2) is 0 Å². The van der Waals surface area contributed by atoms with Crippen molar-refractivity contribution < 1.29 is 31.5 Å². The van der Waals surface area contributed by atoms with Crippen LogP contribution < -0.4 is 0 Å². The zero-order valence-electron chi connectivity index (χ0n) is 11.2. The largest absolute Gasteiger partial charge is 0.481 e. The topological polar surface area (TPSA) is 77.9 Å². The van der Waals surface area contributed by atoms with Gasteiger partial charge in [-0.25, -0.2) is 0 Å². The van der Waals surface area contributed by atoms with Gasteiger partial charge in [-0.3, -0.25) is 4.79 Å². The highest BCUT2D eigenvalue weighted by atomic mass is 32.2. The molecular weight excluding hydrogens is 313 g/mol. The minimum atomic E-state index is -4.73. The number of piperidine rings is 1. The molecule has 6 nitrogen and oxygen atoms in total. The average molecular weight is 330 g/mol. The lowest BCUT2D eigenvalue weighted by molar-refractivity contribution is -0.187. The van der Waals surface area contributed by atoms with E-state index in [4.69, 9.17) is 5.11 Å². The highest BCUT2D eigenvalue weighted by Crippen LogP contribution is 2.39. The monoisotopic (exact) mass is 330 g/mol. The smallest absolute Gasteiger partial charge is 0.393 e. The molecule has 2 rings (SSSR count). The van der Waals surface area contributed by atoms with Gasteiger partial charge in [0.2, 0.25) is 0 Å². The Bertz CT molecular complexity index is 502. The molecule has 0 aromatic rings. The van der Waals surface area contributed by atoms with E-state index in [-0.39, 0.29) is 13.1 Å². The van der Waals surface area contributed by atoms with E-state index >= 15 is 0 Å². The Balaban J connectivity index is 2.19. The number of carboxylic acid groups (broad SMARTS) is 1. The van der Waals surface area contributed by atoms with Crippen molar-refractivity contribution in [1.29, 1.82) is 0 Å². The van der Waals surface area contributed by atoms with Gasteiger partial charge in [-0.1, -0.05) is 6.42 Å². The van der Waals surface area contributed by atoms with Crippen molar-refractivity contribution in [1.82, 2.24) is 8.61 Å². The summed E-state index contributed by atoms with van der Waals surface area (Å²) < 4.78 is 65.1. The maximum atomic E-state index is 12.9. The second-order valence-electron chi connectivity index (χ2n) is 5.38. The van der Waals surface area contributed by atoms with Gasteiger partial charge in [0, 0.05) is 26.2 Å². The summed E-state index contributed by atoms with van der Waals surface area (Å²) in [6.45, 7) is -0.905. The number of halogens is 3. The molecule has 0 aromatic carbocycles. The maximum absolute atomic E-state index is 12.9. The third-order valence-corrected chi connectivity index (χ3v) is 5.96. The minimum Gasteiger partial charge on any atom is -0.481 e. The molecule has 0 amide bonds. The first kappa shape index (κ1) is 16.5. The summed E-state index contributed by atoms with van der Waals surface area (Å²) in [6, 6.07) is 0. The van der Waals surface area contributed by atoms with Crippen molar-refractivity contribution in [3.63, 3.8) is 0 Å². The van der Waals surface area contributed by atoms with E-state index in [2.05, 4.69) is 0 Å². The molecular formula is C11H17F3N2O4S. The van der Waals surface area contributed by atoms with Crippen molar-refractivity contribution in [3.05, 3.63) is 0 Å². The molecule has 2 saturated heterocycles. The second kappa shape index (κ2) is 5.73. The van der Waals surface area contributed by atoms with Gasteiger partial charge >= 0.3 is 12.1 Å². The van der Waals surface area contributed by atoms with Gasteiger partial charge in [0.1, 0.15) is 0 Å². The fourth-order valence-corrected chi connectivity index (χ4v) is 4.54. The van der Waals surface area contributed by atoms with E-state index in [0.717, 1.165) is 10.7 Å². The lowest BCUT2D eigenvalue weighted by Crippen LogP contribution is -2.45. The number of nitrogens with zero attached hydrogens (tertiary/aromatic N) is 2. The standard InChI is InChI=1S/C11H17F3N2O4S/c12-11(13,14)9-7-16(6-8(9)10(17)18)21(19,20)15-4-2-1-3-5-15/h8-9H,1-7H2,(H,17,18)/t8-,9-/m1/s1. The van der Waals surface area contributed by atoms with Crippen LogP contribution in [0.25, 0.3) is 0 Å². The third-order valence-electron chi connectivity index (χ3n) is 3.99. The van der Waals surface area contributed by atoms with Crippen LogP contribution in [-0.2, 0) is 15.0 Å². The van der Waals surface area contributed by atoms with Crippen LogP contribution in [0.1, 0.15) is 19.3 Å². The summed E-state index contributed by atoms with van der Waals surface area (Å²) in [6.07, 6.45) is -2.51. The number of carboxylic acids is 1. The summed E-state index contributed by atoms with van der Waals surface area (Å²) in [5.41, 5.74) is 0. The zero-order chi connectivity index (χ0) is 15.8. The molecule has 122 valence electrons. The van der Waals surface area contributed by atoms with Crippen LogP contribution in [0.4, 0.5) is 13.2 Å². The normalized spacial score (nSPS) is 29.7. The average Bonchev–Trinajstić information content (AvgIpc) is 2.85. The molecule has 0 unspecified atom stereocenters. The van der Waals surface area contributed by atoms with E-state index in [9.17, 15) is 26.4 Å². The Kier molecular flexibility index (Phi) is 4.50. The highest BCUT2D eigenvalue weighted by molar-refractivity contribution is 7.86. The predicted molar refractivity (Wildman–Crippen MR) is 66.6 cm³/mol. The molecule has 0 aliphatic carbocycles. The summed E-state index contributed by atoms with van der Waals surface area (Å²) >= 11 is 0. The maximum Gasteiger partial charge on any atom is 0.393 e. The fraction of sp³-hybridized carbons (Fsp3) is 0.909. The molecule has 1 N–H and O–H groups in total. The molecule has 2 aliphatic rings. The number of alkyl halides is 3. The van der Waals surface area contributed by atoms with Crippen molar-refractivity contribution in [3.8, 4) is 0 Å². The Hall–Kier alpha value is -0.870. The third kappa shape index (κ3) is 3.32. The first-order chi connectivity index (χ1) is 9.64. The number of hydrogen-bond acceptors (Lipinski definition) is 3. The first-order valence-electron chi connectivity index (χ1n) is 6.69. The quantitative estimate of drug-likeness (QED) is 0.834.